The monoisotopic (exact) mass is 576 g/mol. The molecule has 2 aliphatic rings. The molecule has 10 nitrogen and oxygen atoms in total. The average molecular weight is 577 g/mol. The van der Waals surface area contributed by atoms with Crippen molar-refractivity contribution in [3.8, 4) is 21.6 Å². The van der Waals surface area contributed by atoms with Crippen LogP contribution in [0.3, 0.4) is 0 Å². The number of hydrogen-bond acceptors (Lipinski definition) is 9. The van der Waals surface area contributed by atoms with Crippen molar-refractivity contribution >= 4 is 45.5 Å². The molecule has 11 heteroatoms. The first-order valence-corrected chi connectivity index (χ1v) is 14.7. The molecule has 42 heavy (non-hydrogen) atoms. The Morgan fingerprint density at radius 3 is 2.69 bits per heavy atom. The van der Waals surface area contributed by atoms with Gasteiger partial charge in [0.25, 0.3) is 0 Å². The van der Waals surface area contributed by atoms with Crippen molar-refractivity contribution in [3.05, 3.63) is 77.2 Å². The molecule has 7 heterocycles. The number of thiophene rings is 1. The summed E-state index contributed by atoms with van der Waals surface area (Å²) in [4.78, 5) is 53.0. The Morgan fingerprint density at radius 2 is 1.88 bits per heavy atom. The van der Waals surface area contributed by atoms with Gasteiger partial charge in [-0.2, -0.15) is 0 Å². The molecule has 3 N–H and O–H groups in total. The number of anilines is 1. The van der Waals surface area contributed by atoms with E-state index in [9.17, 15) is 9.59 Å². The second kappa shape index (κ2) is 10.3. The zero-order chi connectivity index (χ0) is 29.0. The summed E-state index contributed by atoms with van der Waals surface area (Å²) in [6.07, 6.45) is 9.24. The summed E-state index contributed by atoms with van der Waals surface area (Å²) < 4.78 is 0. The summed E-state index contributed by atoms with van der Waals surface area (Å²) in [5.74, 6) is 0.897. The molecular formula is C31H28N8O2S. The van der Waals surface area contributed by atoms with E-state index in [1.807, 2.05) is 38.2 Å². The van der Waals surface area contributed by atoms with E-state index in [1.165, 1.54) is 11.3 Å². The number of carbonyl (C=O) groups is 2. The fraction of sp³-hybridized carbons (Fsp3) is 0.258. The van der Waals surface area contributed by atoms with Crippen molar-refractivity contribution in [3.63, 3.8) is 0 Å². The van der Waals surface area contributed by atoms with Crippen LogP contribution in [0.5, 0.6) is 0 Å². The third-order valence-corrected chi connectivity index (χ3v) is 8.61. The zero-order valence-electron chi connectivity index (χ0n) is 23.3. The Hall–Kier alpha value is -4.61. The zero-order valence-corrected chi connectivity index (χ0v) is 24.1. The number of aliphatic imine (C=N–C) groups is 1. The predicted octanol–water partition coefficient (Wildman–Crippen LogP) is 5.19. The Kier molecular flexibility index (Phi) is 6.47. The molecule has 0 radical (unpaired) electrons. The number of aromatic nitrogens is 5. The van der Waals surface area contributed by atoms with Gasteiger partial charge in [-0.05, 0) is 37.1 Å². The Bertz CT molecular complexity index is 1910. The molecule has 2 aliphatic heterocycles. The van der Waals surface area contributed by atoms with E-state index in [2.05, 4.69) is 31.7 Å². The van der Waals surface area contributed by atoms with Crippen molar-refractivity contribution in [1.82, 2.24) is 30.2 Å². The number of hydrogen-bond donors (Lipinski definition) is 3. The Balaban J connectivity index is 1.27. The summed E-state index contributed by atoms with van der Waals surface area (Å²) in [7, 11) is 0. The minimum absolute atomic E-state index is 0.0349. The van der Waals surface area contributed by atoms with E-state index >= 15 is 0 Å². The van der Waals surface area contributed by atoms with Gasteiger partial charge in [0.2, 0.25) is 5.91 Å². The number of nitrogens with zero attached hydrogens (tertiary/aromatic N) is 5. The molecule has 1 fully saturated rings. The van der Waals surface area contributed by atoms with Crippen molar-refractivity contribution in [2.75, 3.05) is 11.9 Å². The van der Waals surface area contributed by atoms with E-state index in [-0.39, 0.29) is 29.7 Å². The Labute approximate surface area is 245 Å². The van der Waals surface area contributed by atoms with Gasteiger partial charge in [0, 0.05) is 58.2 Å². The van der Waals surface area contributed by atoms with Crippen LogP contribution in [0.25, 0.3) is 32.6 Å². The molecule has 5 aromatic rings. The van der Waals surface area contributed by atoms with E-state index in [4.69, 9.17) is 15.0 Å². The lowest BCUT2D eigenvalue weighted by molar-refractivity contribution is -0.116. The molecule has 1 amide bonds. The van der Waals surface area contributed by atoms with E-state index in [1.54, 1.807) is 31.7 Å². The highest BCUT2D eigenvalue weighted by Crippen LogP contribution is 2.37. The van der Waals surface area contributed by atoms with Gasteiger partial charge in [-0.15, -0.1) is 11.3 Å². The number of Topliss-reactive ketones (excluding diaryl/α,β-unsaturated/α-hetero) is 1. The number of pyridine rings is 3. The van der Waals surface area contributed by atoms with Crippen LogP contribution in [-0.2, 0) is 4.79 Å². The molecule has 0 spiro atoms. The summed E-state index contributed by atoms with van der Waals surface area (Å²) in [5, 5.41) is 6.43. The first-order chi connectivity index (χ1) is 20.3. The quantitative estimate of drug-likeness (QED) is 0.178. The van der Waals surface area contributed by atoms with Gasteiger partial charge in [0.05, 0.1) is 46.8 Å². The number of aromatic amines is 1. The van der Waals surface area contributed by atoms with Gasteiger partial charge >= 0.3 is 0 Å². The van der Waals surface area contributed by atoms with E-state index in [0.717, 1.165) is 49.6 Å². The first-order valence-electron chi connectivity index (χ1n) is 13.9. The van der Waals surface area contributed by atoms with Crippen LogP contribution in [0.15, 0.2) is 60.2 Å². The van der Waals surface area contributed by atoms with E-state index in [0.29, 0.717) is 29.4 Å². The number of H-pyrrole nitrogens is 1. The van der Waals surface area contributed by atoms with Gasteiger partial charge < -0.3 is 15.6 Å². The summed E-state index contributed by atoms with van der Waals surface area (Å²) in [6.45, 7) is 6.21. The molecule has 2 unspecified atom stereocenters. The van der Waals surface area contributed by atoms with E-state index < -0.39 is 0 Å². The number of rotatable bonds is 7. The highest BCUT2D eigenvalue weighted by molar-refractivity contribution is 7.17. The SMILES string of the molecule is CC(=O)c1ccc(-c2cncc3[nH]c(C4=NCC5NC5c5ncc(-c6cncc(NC(=O)CC(C)C)c6)cc54)nc23)s1. The number of nitrogens with one attached hydrogen (secondary N) is 3. The Morgan fingerprint density at radius 1 is 1.05 bits per heavy atom. The molecule has 2 atom stereocenters. The summed E-state index contributed by atoms with van der Waals surface area (Å²) in [6, 6.07) is 8.13. The lowest BCUT2D eigenvalue weighted by Crippen LogP contribution is -2.14. The van der Waals surface area contributed by atoms with Crippen LogP contribution >= 0.6 is 11.3 Å². The second-order valence-corrected chi connectivity index (χ2v) is 12.2. The van der Waals surface area contributed by atoms with Crippen LogP contribution in [0.2, 0.25) is 0 Å². The van der Waals surface area contributed by atoms with Crippen LogP contribution in [0, 0.1) is 5.92 Å². The molecule has 5 aromatic heterocycles. The van der Waals surface area contributed by atoms with Crippen LogP contribution in [-0.4, -0.2) is 54.9 Å². The molecule has 0 aromatic carbocycles. The number of carbonyl (C=O) groups excluding carboxylic acids is 2. The average Bonchev–Trinajstić information content (AvgIpc) is 3.37. The lowest BCUT2D eigenvalue weighted by atomic mass is 10.00. The van der Waals surface area contributed by atoms with Gasteiger partial charge in [-0.3, -0.25) is 29.5 Å². The van der Waals surface area contributed by atoms with Crippen LogP contribution in [0.1, 0.15) is 60.0 Å². The number of imidazole rings is 1. The van der Waals surface area contributed by atoms with Crippen molar-refractivity contribution in [1.29, 1.82) is 0 Å². The molecular weight excluding hydrogens is 548 g/mol. The largest absolute Gasteiger partial charge is 0.335 e. The van der Waals surface area contributed by atoms with Gasteiger partial charge in [-0.1, -0.05) is 13.8 Å². The van der Waals surface area contributed by atoms with Gasteiger partial charge in [0.1, 0.15) is 11.2 Å². The minimum Gasteiger partial charge on any atom is -0.335 e. The molecule has 7 rings (SSSR count). The maximum Gasteiger partial charge on any atom is 0.224 e. The highest BCUT2D eigenvalue weighted by Gasteiger charge is 2.42. The number of fused-ring (bicyclic) bond motifs is 4. The number of ketones is 1. The third-order valence-electron chi connectivity index (χ3n) is 7.39. The topological polar surface area (TPSA) is 148 Å². The maximum absolute atomic E-state index is 12.4. The van der Waals surface area contributed by atoms with Crippen molar-refractivity contribution in [2.24, 2.45) is 10.9 Å². The van der Waals surface area contributed by atoms with Crippen molar-refractivity contribution < 1.29 is 9.59 Å². The maximum atomic E-state index is 12.4. The number of amides is 1. The third kappa shape index (κ3) is 4.90. The van der Waals surface area contributed by atoms with Gasteiger partial charge in [0.15, 0.2) is 11.6 Å². The summed E-state index contributed by atoms with van der Waals surface area (Å²) >= 11 is 1.43. The van der Waals surface area contributed by atoms with Crippen LogP contribution in [0.4, 0.5) is 5.69 Å². The fourth-order valence-corrected chi connectivity index (χ4v) is 6.21. The van der Waals surface area contributed by atoms with Crippen LogP contribution < -0.4 is 10.6 Å². The summed E-state index contributed by atoms with van der Waals surface area (Å²) in [5.41, 5.74) is 7.32. The first kappa shape index (κ1) is 26.3. The second-order valence-electron chi connectivity index (χ2n) is 11.1. The smallest absolute Gasteiger partial charge is 0.224 e. The molecule has 0 bridgehead atoms. The molecule has 0 saturated carbocycles. The minimum atomic E-state index is -0.0388. The predicted molar refractivity (Wildman–Crippen MR) is 163 cm³/mol. The standard InChI is InChI=1S/C31H28N8O2S/c1-15(2)6-26(41)36-19-7-17(9-32-11-19)18-8-20-28(34-10-18)30-23(37-30)14-35-29(20)31-38-22-13-33-12-21(27(22)39-31)25-5-4-24(42-25)16(3)40/h4-5,7-13,15,23,30,37H,6,14H2,1-3H3,(H,36,41)(H,38,39). The molecule has 1 saturated heterocycles. The lowest BCUT2D eigenvalue weighted by Gasteiger charge is -2.12. The molecule has 0 aliphatic carbocycles. The van der Waals surface area contributed by atoms with Gasteiger partial charge in [-0.25, -0.2) is 4.98 Å². The van der Waals surface area contributed by atoms with Crippen molar-refractivity contribution in [2.45, 2.75) is 39.3 Å². The highest BCUT2D eigenvalue weighted by atomic mass is 32.1. The fourth-order valence-electron chi connectivity index (χ4n) is 5.30. The molecule has 210 valence electrons. The normalized spacial score (nSPS) is 17.4.